The quantitative estimate of drug-likeness (QED) is 0.867. The van der Waals surface area contributed by atoms with Crippen LogP contribution in [0.15, 0.2) is 40.9 Å². The predicted octanol–water partition coefficient (Wildman–Crippen LogP) is 1.38. The first-order valence-electron chi connectivity index (χ1n) is 6.58. The number of aryl methyl sites for hydroxylation is 1. The first kappa shape index (κ1) is 16.2. The lowest BCUT2D eigenvalue weighted by Crippen LogP contribution is -2.35. The van der Waals surface area contributed by atoms with Crippen molar-refractivity contribution < 1.29 is 17.7 Å². The number of amides is 1. The lowest BCUT2D eigenvalue weighted by atomic mass is 10.2. The van der Waals surface area contributed by atoms with Crippen molar-refractivity contribution >= 4 is 21.7 Å². The molecule has 1 N–H and O–H groups in total. The Hall–Kier alpha value is -2.19. The first-order chi connectivity index (χ1) is 10.4. The molecule has 2 rings (SSSR count). The summed E-state index contributed by atoms with van der Waals surface area (Å²) in [7, 11) is -2.20. The lowest BCUT2D eigenvalue weighted by Gasteiger charge is -2.16. The average Bonchev–Trinajstić information content (AvgIpc) is 2.84. The number of sulfonamides is 1. The van der Waals surface area contributed by atoms with Crippen LogP contribution in [0.4, 0.5) is 5.82 Å². The molecule has 0 saturated carbocycles. The number of aromatic nitrogens is 1. The average molecular weight is 323 g/mol. The summed E-state index contributed by atoms with van der Waals surface area (Å²) in [6, 6.07) is 10.4. The normalized spacial score (nSPS) is 11.6. The molecule has 1 aromatic carbocycles. The Labute approximate surface area is 129 Å². The molecule has 0 saturated heterocycles. The van der Waals surface area contributed by atoms with Gasteiger partial charge < -0.3 is 9.84 Å². The fraction of sp³-hybridized carbons (Fsp3) is 0.286. The van der Waals surface area contributed by atoms with Gasteiger partial charge in [-0.1, -0.05) is 35.5 Å². The number of benzene rings is 1. The zero-order chi connectivity index (χ0) is 16.2. The molecule has 2 aromatic rings. The Bertz CT molecular complexity index is 740. The van der Waals surface area contributed by atoms with Crippen molar-refractivity contribution in [2.75, 3.05) is 18.9 Å². The molecule has 0 radical (unpaired) electrons. The van der Waals surface area contributed by atoms with Gasteiger partial charge in [-0.2, -0.15) is 4.31 Å². The molecule has 22 heavy (non-hydrogen) atoms. The van der Waals surface area contributed by atoms with Gasteiger partial charge in [-0.25, -0.2) is 8.42 Å². The van der Waals surface area contributed by atoms with Gasteiger partial charge in [0.2, 0.25) is 15.9 Å². The van der Waals surface area contributed by atoms with Gasteiger partial charge in [0.15, 0.2) is 5.82 Å². The summed E-state index contributed by atoms with van der Waals surface area (Å²) in [5, 5.41) is 6.10. The Balaban J connectivity index is 1.95. The summed E-state index contributed by atoms with van der Waals surface area (Å²) in [6.45, 7) is 1.40. The van der Waals surface area contributed by atoms with Crippen molar-refractivity contribution in [2.45, 2.75) is 12.7 Å². The SMILES string of the molecule is Cc1cc(NC(=O)CN(C)S(=O)(=O)Cc2ccccc2)no1. The number of nitrogens with zero attached hydrogens (tertiary/aromatic N) is 2. The molecule has 0 fully saturated rings. The van der Waals surface area contributed by atoms with Crippen LogP contribution in [0.1, 0.15) is 11.3 Å². The Kier molecular flexibility index (Phi) is 4.94. The highest BCUT2D eigenvalue weighted by Crippen LogP contribution is 2.10. The Morgan fingerprint density at radius 3 is 2.59 bits per heavy atom. The van der Waals surface area contributed by atoms with E-state index >= 15 is 0 Å². The molecule has 7 nitrogen and oxygen atoms in total. The number of likely N-dealkylation sites (N-methyl/N-ethyl adjacent to an activating group) is 1. The minimum absolute atomic E-state index is 0.152. The summed E-state index contributed by atoms with van der Waals surface area (Å²) in [5.41, 5.74) is 0.668. The van der Waals surface area contributed by atoms with Gasteiger partial charge in [0, 0.05) is 13.1 Å². The van der Waals surface area contributed by atoms with Crippen LogP contribution in [-0.2, 0) is 20.6 Å². The van der Waals surface area contributed by atoms with Crippen molar-refractivity contribution in [2.24, 2.45) is 0 Å². The Morgan fingerprint density at radius 2 is 2.00 bits per heavy atom. The molecule has 1 heterocycles. The Morgan fingerprint density at radius 1 is 1.32 bits per heavy atom. The molecule has 0 aliphatic heterocycles. The van der Waals surface area contributed by atoms with Crippen LogP contribution in [0.2, 0.25) is 0 Å². The first-order valence-corrected chi connectivity index (χ1v) is 8.19. The van der Waals surface area contributed by atoms with Gasteiger partial charge in [-0.05, 0) is 12.5 Å². The molecule has 0 bridgehead atoms. The van der Waals surface area contributed by atoms with Crippen molar-refractivity contribution in [3.8, 4) is 0 Å². The summed E-state index contributed by atoms with van der Waals surface area (Å²) in [6.07, 6.45) is 0. The van der Waals surface area contributed by atoms with Crippen LogP contribution in [0.5, 0.6) is 0 Å². The molecule has 0 aliphatic rings. The summed E-state index contributed by atoms with van der Waals surface area (Å²) < 4.78 is 30.2. The molecular formula is C14H17N3O4S. The number of anilines is 1. The molecule has 8 heteroatoms. The smallest absolute Gasteiger partial charge is 0.240 e. The van der Waals surface area contributed by atoms with Gasteiger partial charge in [0.05, 0.1) is 12.3 Å². The number of carbonyl (C=O) groups excluding carboxylic acids is 1. The third kappa shape index (κ3) is 4.40. The van der Waals surface area contributed by atoms with E-state index in [1.165, 1.54) is 7.05 Å². The molecule has 0 spiro atoms. The predicted molar refractivity (Wildman–Crippen MR) is 81.6 cm³/mol. The van der Waals surface area contributed by atoms with Crippen LogP contribution >= 0.6 is 0 Å². The molecule has 1 amide bonds. The standard InChI is InChI=1S/C14H17N3O4S/c1-11-8-13(16-21-11)15-14(18)9-17(2)22(19,20)10-12-6-4-3-5-7-12/h3-8H,9-10H2,1-2H3,(H,15,16,18). The second-order valence-electron chi connectivity index (χ2n) is 4.87. The number of rotatable bonds is 6. The zero-order valence-electron chi connectivity index (χ0n) is 12.3. The summed E-state index contributed by atoms with van der Waals surface area (Å²) in [4.78, 5) is 11.8. The molecule has 118 valence electrons. The fourth-order valence-electron chi connectivity index (χ4n) is 1.80. The number of hydrogen-bond acceptors (Lipinski definition) is 5. The van der Waals surface area contributed by atoms with Crippen LogP contribution in [0.3, 0.4) is 0 Å². The monoisotopic (exact) mass is 323 g/mol. The van der Waals surface area contributed by atoms with E-state index in [4.69, 9.17) is 4.52 Å². The van der Waals surface area contributed by atoms with Crippen LogP contribution in [-0.4, -0.2) is 37.4 Å². The lowest BCUT2D eigenvalue weighted by molar-refractivity contribution is -0.116. The highest BCUT2D eigenvalue weighted by atomic mass is 32.2. The van der Waals surface area contributed by atoms with E-state index in [1.807, 2.05) is 6.07 Å². The number of hydrogen-bond donors (Lipinski definition) is 1. The van der Waals surface area contributed by atoms with E-state index in [0.29, 0.717) is 11.3 Å². The molecule has 0 aliphatic carbocycles. The minimum Gasteiger partial charge on any atom is -0.360 e. The van der Waals surface area contributed by atoms with Crippen molar-refractivity contribution in [3.63, 3.8) is 0 Å². The third-order valence-corrected chi connectivity index (χ3v) is 4.71. The number of carbonyl (C=O) groups is 1. The maximum atomic E-state index is 12.2. The highest BCUT2D eigenvalue weighted by molar-refractivity contribution is 7.88. The third-order valence-electron chi connectivity index (χ3n) is 2.93. The largest absolute Gasteiger partial charge is 0.360 e. The maximum Gasteiger partial charge on any atom is 0.240 e. The van der Waals surface area contributed by atoms with Gasteiger partial charge in [0.1, 0.15) is 5.76 Å². The summed E-state index contributed by atoms with van der Waals surface area (Å²) >= 11 is 0. The minimum atomic E-state index is -3.57. The van der Waals surface area contributed by atoms with E-state index < -0.39 is 15.9 Å². The van der Waals surface area contributed by atoms with Crippen molar-refractivity contribution in [1.29, 1.82) is 0 Å². The molecule has 0 atom stereocenters. The van der Waals surface area contributed by atoms with E-state index in [1.54, 1.807) is 37.3 Å². The van der Waals surface area contributed by atoms with Gasteiger partial charge >= 0.3 is 0 Å². The van der Waals surface area contributed by atoms with Crippen LogP contribution in [0.25, 0.3) is 0 Å². The van der Waals surface area contributed by atoms with Gasteiger partial charge in [-0.15, -0.1) is 0 Å². The highest BCUT2D eigenvalue weighted by Gasteiger charge is 2.21. The van der Waals surface area contributed by atoms with Gasteiger partial charge in [-0.3, -0.25) is 4.79 Å². The van der Waals surface area contributed by atoms with Crippen molar-refractivity contribution in [1.82, 2.24) is 9.46 Å². The molecular weight excluding hydrogens is 306 g/mol. The second kappa shape index (κ2) is 6.71. The zero-order valence-corrected chi connectivity index (χ0v) is 13.1. The van der Waals surface area contributed by atoms with E-state index in [0.717, 1.165) is 4.31 Å². The van der Waals surface area contributed by atoms with Crippen molar-refractivity contribution in [3.05, 3.63) is 47.7 Å². The van der Waals surface area contributed by atoms with Gasteiger partial charge in [0.25, 0.3) is 0 Å². The van der Waals surface area contributed by atoms with E-state index in [9.17, 15) is 13.2 Å². The molecule has 1 aromatic heterocycles. The second-order valence-corrected chi connectivity index (χ2v) is 6.94. The summed E-state index contributed by atoms with van der Waals surface area (Å²) in [5.74, 6) is 0.185. The number of nitrogens with one attached hydrogen (secondary N) is 1. The van der Waals surface area contributed by atoms with Crippen LogP contribution < -0.4 is 5.32 Å². The van der Waals surface area contributed by atoms with E-state index in [2.05, 4.69) is 10.5 Å². The van der Waals surface area contributed by atoms with E-state index in [-0.39, 0.29) is 18.1 Å². The maximum absolute atomic E-state index is 12.2. The van der Waals surface area contributed by atoms with Crippen LogP contribution in [0, 0.1) is 6.92 Å². The fourth-order valence-corrected chi connectivity index (χ4v) is 2.95. The topological polar surface area (TPSA) is 92.5 Å². The molecule has 0 unspecified atom stereocenters.